The van der Waals surface area contributed by atoms with Gasteiger partial charge in [0, 0.05) is 13.1 Å². The molecule has 0 aliphatic carbocycles. The number of carbonyl (C=O) groups is 2. The maximum atomic E-state index is 12.4. The number of alkyl carbamates (subject to hydrolysis) is 1. The van der Waals surface area contributed by atoms with E-state index in [2.05, 4.69) is 10.1 Å². The highest BCUT2D eigenvalue weighted by molar-refractivity contribution is 14.1. The molecule has 2 amide bonds. The van der Waals surface area contributed by atoms with Gasteiger partial charge >= 0.3 is 6.09 Å². The predicted molar refractivity (Wildman–Crippen MR) is 72.9 cm³/mol. The van der Waals surface area contributed by atoms with Crippen molar-refractivity contribution in [3.8, 4) is 0 Å². The van der Waals surface area contributed by atoms with Crippen LogP contribution < -0.4 is 5.32 Å². The van der Waals surface area contributed by atoms with E-state index in [1.165, 1.54) is 7.11 Å². The number of rotatable bonds is 3. The lowest BCUT2D eigenvalue weighted by Gasteiger charge is -2.34. The molecule has 0 aromatic carbocycles. The summed E-state index contributed by atoms with van der Waals surface area (Å²) in [6, 6.07) is 0. The summed E-state index contributed by atoms with van der Waals surface area (Å²) < 4.78 is 3.66. The molecule has 0 aromatic heterocycles. The molecule has 0 bridgehead atoms. The number of likely N-dealkylation sites (tertiary alicyclic amines) is 1. The third-order valence-corrected chi connectivity index (χ3v) is 4.95. The van der Waals surface area contributed by atoms with E-state index in [0.717, 1.165) is 25.9 Å². The van der Waals surface area contributed by atoms with Crippen LogP contribution in [0.4, 0.5) is 4.79 Å². The summed E-state index contributed by atoms with van der Waals surface area (Å²) in [7, 11) is 1.30. The Kier molecular flexibility index (Phi) is 5.03. The van der Waals surface area contributed by atoms with Crippen LogP contribution >= 0.6 is 22.6 Å². The topological polar surface area (TPSA) is 58.6 Å². The molecule has 0 spiro atoms. The van der Waals surface area contributed by atoms with Crippen LogP contribution in [0, 0.1) is 5.92 Å². The summed E-state index contributed by atoms with van der Waals surface area (Å²) in [4.78, 5) is 25.6. The minimum absolute atomic E-state index is 0.00435. The van der Waals surface area contributed by atoms with Crippen LogP contribution in [0.5, 0.6) is 0 Å². The molecule has 0 saturated carbocycles. The SMILES string of the molecule is COC(=O)NC(I)(C(=O)N1CCCC1)C(C)C. The Hall–Kier alpha value is -0.530. The van der Waals surface area contributed by atoms with Gasteiger partial charge in [0.15, 0.2) is 3.55 Å². The number of methoxy groups -OCH3 is 1. The minimum Gasteiger partial charge on any atom is -0.453 e. The van der Waals surface area contributed by atoms with Gasteiger partial charge in [-0.15, -0.1) is 0 Å². The summed E-state index contributed by atoms with van der Waals surface area (Å²) in [5.74, 6) is -0.0358. The largest absolute Gasteiger partial charge is 0.453 e. The van der Waals surface area contributed by atoms with Gasteiger partial charge in [-0.2, -0.15) is 0 Å². The van der Waals surface area contributed by atoms with Gasteiger partial charge in [-0.05, 0) is 41.4 Å². The standard InChI is InChI=1S/C11H19IN2O3/c1-8(2)11(12,13-10(16)17-3)9(15)14-6-4-5-7-14/h8H,4-7H2,1-3H3,(H,13,16). The molecule has 1 N–H and O–H groups in total. The molecule has 98 valence electrons. The van der Waals surface area contributed by atoms with Crippen LogP contribution in [0.3, 0.4) is 0 Å². The maximum absolute atomic E-state index is 12.4. The molecule has 1 unspecified atom stereocenters. The number of nitrogens with one attached hydrogen (secondary N) is 1. The molecular formula is C11H19IN2O3. The third-order valence-electron chi connectivity index (χ3n) is 2.97. The third kappa shape index (κ3) is 3.23. The second-order valence-corrected chi connectivity index (χ2v) is 6.18. The summed E-state index contributed by atoms with van der Waals surface area (Å²) in [6.45, 7) is 5.38. The Morgan fingerprint density at radius 2 is 1.88 bits per heavy atom. The van der Waals surface area contributed by atoms with Crippen molar-refractivity contribution in [1.82, 2.24) is 10.2 Å². The van der Waals surface area contributed by atoms with E-state index in [1.807, 2.05) is 41.3 Å². The number of nitrogens with zero attached hydrogens (tertiary/aromatic N) is 1. The highest BCUT2D eigenvalue weighted by Gasteiger charge is 2.43. The summed E-state index contributed by atoms with van der Waals surface area (Å²) in [6.07, 6.45) is 1.50. The molecule has 6 heteroatoms. The molecular weight excluding hydrogens is 335 g/mol. The van der Waals surface area contributed by atoms with Crippen molar-refractivity contribution >= 4 is 34.6 Å². The van der Waals surface area contributed by atoms with Crippen molar-refractivity contribution in [2.45, 2.75) is 30.2 Å². The number of hydrogen-bond donors (Lipinski definition) is 1. The van der Waals surface area contributed by atoms with Gasteiger partial charge in [0.1, 0.15) is 0 Å². The molecule has 1 heterocycles. The molecule has 1 aliphatic rings. The average molecular weight is 354 g/mol. The second-order valence-electron chi connectivity index (χ2n) is 4.48. The maximum Gasteiger partial charge on any atom is 0.408 e. The van der Waals surface area contributed by atoms with Gasteiger partial charge in [0.2, 0.25) is 0 Å². The minimum atomic E-state index is -0.921. The van der Waals surface area contributed by atoms with Crippen LogP contribution in [0.1, 0.15) is 26.7 Å². The summed E-state index contributed by atoms with van der Waals surface area (Å²) in [5, 5.41) is 2.65. The zero-order chi connectivity index (χ0) is 13.1. The van der Waals surface area contributed by atoms with Crippen molar-refractivity contribution in [3.63, 3.8) is 0 Å². The zero-order valence-corrected chi connectivity index (χ0v) is 12.6. The molecule has 1 fully saturated rings. The second kappa shape index (κ2) is 5.88. The molecule has 0 radical (unpaired) electrons. The number of halogens is 1. The van der Waals surface area contributed by atoms with Gasteiger partial charge in [-0.3, -0.25) is 10.1 Å². The van der Waals surface area contributed by atoms with Crippen LogP contribution in [-0.4, -0.2) is 40.6 Å². The van der Waals surface area contributed by atoms with Crippen LogP contribution in [0.2, 0.25) is 0 Å². The first-order chi connectivity index (χ1) is 7.91. The van der Waals surface area contributed by atoms with E-state index in [9.17, 15) is 9.59 Å². The fraction of sp³-hybridized carbons (Fsp3) is 0.818. The van der Waals surface area contributed by atoms with Crippen molar-refractivity contribution in [1.29, 1.82) is 0 Å². The van der Waals surface area contributed by atoms with Gasteiger partial charge in [-0.1, -0.05) is 13.8 Å². The average Bonchev–Trinajstić information content (AvgIpc) is 2.80. The Morgan fingerprint density at radius 1 is 1.35 bits per heavy atom. The van der Waals surface area contributed by atoms with E-state index < -0.39 is 9.64 Å². The molecule has 1 atom stereocenters. The van der Waals surface area contributed by atoms with E-state index in [-0.39, 0.29) is 11.8 Å². The molecule has 1 saturated heterocycles. The van der Waals surface area contributed by atoms with Gasteiger partial charge in [0.25, 0.3) is 5.91 Å². The Labute approximate surface area is 115 Å². The highest BCUT2D eigenvalue weighted by Crippen LogP contribution is 2.29. The van der Waals surface area contributed by atoms with Gasteiger partial charge < -0.3 is 9.64 Å². The quantitative estimate of drug-likeness (QED) is 0.477. The van der Waals surface area contributed by atoms with E-state index in [4.69, 9.17) is 0 Å². The normalized spacial score (nSPS) is 19.0. The van der Waals surface area contributed by atoms with E-state index >= 15 is 0 Å². The first kappa shape index (κ1) is 14.5. The van der Waals surface area contributed by atoms with Crippen molar-refractivity contribution in [2.24, 2.45) is 5.92 Å². The molecule has 17 heavy (non-hydrogen) atoms. The van der Waals surface area contributed by atoms with Crippen molar-refractivity contribution in [2.75, 3.05) is 20.2 Å². The number of hydrogen-bond acceptors (Lipinski definition) is 3. The lowest BCUT2D eigenvalue weighted by Crippen LogP contribution is -2.58. The van der Waals surface area contributed by atoms with Gasteiger partial charge in [-0.25, -0.2) is 4.79 Å². The Morgan fingerprint density at radius 3 is 2.29 bits per heavy atom. The number of carbonyl (C=O) groups excluding carboxylic acids is 2. The molecule has 1 aliphatic heterocycles. The highest BCUT2D eigenvalue weighted by atomic mass is 127. The monoisotopic (exact) mass is 354 g/mol. The zero-order valence-electron chi connectivity index (χ0n) is 10.5. The molecule has 0 aromatic rings. The van der Waals surface area contributed by atoms with E-state index in [1.54, 1.807) is 0 Å². The van der Waals surface area contributed by atoms with Crippen molar-refractivity contribution < 1.29 is 14.3 Å². The first-order valence-electron chi connectivity index (χ1n) is 5.76. The lowest BCUT2D eigenvalue weighted by molar-refractivity contribution is -0.134. The fourth-order valence-electron chi connectivity index (χ4n) is 1.79. The first-order valence-corrected chi connectivity index (χ1v) is 6.84. The summed E-state index contributed by atoms with van der Waals surface area (Å²) >= 11 is 2.02. The summed E-state index contributed by atoms with van der Waals surface area (Å²) in [5.41, 5.74) is 0. The molecule has 5 nitrogen and oxygen atoms in total. The number of amides is 2. The Bertz CT molecular complexity index is 303. The van der Waals surface area contributed by atoms with Crippen molar-refractivity contribution in [3.05, 3.63) is 0 Å². The van der Waals surface area contributed by atoms with E-state index in [0.29, 0.717) is 0 Å². The van der Waals surface area contributed by atoms with Gasteiger partial charge in [0.05, 0.1) is 7.11 Å². The fourth-order valence-corrected chi connectivity index (χ4v) is 2.36. The van der Waals surface area contributed by atoms with Crippen LogP contribution in [-0.2, 0) is 9.53 Å². The smallest absolute Gasteiger partial charge is 0.408 e. The predicted octanol–water partition coefficient (Wildman–Crippen LogP) is 1.75. The molecule has 1 rings (SSSR count). The van der Waals surface area contributed by atoms with Crippen LogP contribution in [0.25, 0.3) is 0 Å². The lowest BCUT2D eigenvalue weighted by atomic mass is 10.0. The Balaban J connectivity index is 2.82. The number of alkyl halides is 1. The van der Waals surface area contributed by atoms with Crippen LogP contribution in [0.15, 0.2) is 0 Å². The number of ether oxygens (including phenoxy) is 1.